The Hall–Kier alpha value is -3.36. The van der Waals surface area contributed by atoms with Crippen LogP contribution in [0.2, 0.25) is 5.02 Å². The number of rotatable bonds is 2. The van der Waals surface area contributed by atoms with Crippen LogP contribution in [-0.4, -0.2) is 50.1 Å². The van der Waals surface area contributed by atoms with E-state index in [-0.39, 0.29) is 23.2 Å². The van der Waals surface area contributed by atoms with Crippen LogP contribution in [0.1, 0.15) is 18.1 Å². The number of aliphatic imine (C=N–C) groups is 1. The smallest absolute Gasteiger partial charge is 0.278 e. The van der Waals surface area contributed by atoms with Gasteiger partial charge in [-0.25, -0.2) is 4.99 Å². The molecular formula is C21H15ClN4O3S. The van der Waals surface area contributed by atoms with Gasteiger partial charge in [-0.05, 0) is 48.1 Å². The molecule has 2 aromatic carbocycles. The van der Waals surface area contributed by atoms with Crippen LogP contribution in [0.15, 0.2) is 65.3 Å². The molecule has 9 heteroatoms. The molecule has 3 amide bonds. The summed E-state index contributed by atoms with van der Waals surface area (Å²) in [5, 5.41) is 2.66. The van der Waals surface area contributed by atoms with Gasteiger partial charge in [0.2, 0.25) is 11.0 Å². The Morgan fingerprint density at radius 2 is 1.73 bits per heavy atom. The summed E-state index contributed by atoms with van der Waals surface area (Å²) in [6.45, 7) is 0.990. The van der Waals surface area contributed by atoms with Crippen LogP contribution in [0.5, 0.6) is 0 Å². The van der Waals surface area contributed by atoms with E-state index in [1.54, 1.807) is 30.3 Å². The molecule has 2 heterocycles. The van der Waals surface area contributed by atoms with Crippen molar-refractivity contribution >= 4 is 58.6 Å². The van der Waals surface area contributed by atoms with E-state index in [4.69, 9.17) is 23.8 Å². The van der Waals surface area contributed by atoms with Crippen LogP contribution in [-0.2, 0) is 14.4 Å². The number of carbonyl (C=O) groups excluding carboxylic acids is 3. The molecular weight excluding hydrogens is 424 g/mol. The highest BCUT2D eigenvalue weighted by Gasteiger charge is 2.46. The lowest BCUT2D eigenvalue weighted by molar-refractivity contribution is -0.157. The number of nitrogens with zero attached hydrogens (tertiary/aromatic N) is 4. The summed E-state index contributed by atoms with van der Waals surface area (Å²) in [6, 6.07) is 15.9. The second-order valence-corrected chi connectivity index (χ2v) is 7.39. The van der Waals surface area contributed by atoms with Crippen molar-refractivity contribution in [3.8, 4) is 0 Å². The van der Waals surface area contributed by atoms with E-state index in [9.17, 15) is 14.4 Å². The lowest BCUT2D eigenvalue weighted by Gasteiger charge is -2.44. The van der Waals surface area contributed by atoms with Crippen LogP contribution in [0, 0.1) is 0 Å². The zero-order valence-electron chi connectivity index (χ0n) is 15.8. The predicted molar refractivity (Wildman–Crippen MR) is 116 cm³/mol. The average molecular weight is 439 g/mol. The Balaban J connectivity index is 1.90. The molecule has 0 aliphatic carbocycles. The lowest BCUT2D eigenvalue weighted by atomic mass is 10.1. The number of fused-ring (bicyclic) bond motifs is 1. The number of benzene rings is 2. The van der Waals surface area contributed by atoms with Crippen molar-refractivity contribution in [2.75, 3.05) is 6.54 Å². The highest BCUT2D eigenvalue weighted by molar-refractivity contribution is 7.80. The van der Waals surface area contributed by atoms with Crippen molar-refractivity contribution in [2.45, 2.75) is 6.92 Å². The summed E-state index contributed by atoms with van der Waals surface area (Å²) < 4.78 is 0. The summed E-state index contributed by atoms with van der Waals surface area (Å²) in [7, 11) is 0. The van der Waals surface area contributed by atoms with Gasteiger partial charge in [0.25, 0.3) is 11.8 Å². The maximum absolute atomic E-state index is 13.1. The highest BCUT2D eigenvalue weighted by Crippen LogP contribution is 2.27. The molecule has 150 valence electrons. The normalized spacial score (nSPS) is 17.9. The fourth-order valence-corrected chi connectivity index (χ4v) is 3.61. The fourth-order valence-electron chi connectivity index (χ4n) is 3.12. The van der Waals surface area contributed by atoms with Gasteiger partial charge in [-0.3, -0.25) is 19.3 Å². The Morgan fingerprint density at radius 1 is 1.07 bits per heavy atom. The molecule has 0 radical (unpaired) electrons. The van der Waals surface area contributed by atoms with E-state index in [1.165, 1.54) is 11.9 Å². The molecule has 1 saturated heterocycles. The Kier molecular flexibility index (Phi) is 5.19. The number of hydrogen-bond acceptors (Lipinski definition) is 5. The minimum Gasteiger partial charge on any atom is -0.278 e. The predicted octanol–water partition coefficient (Wildman–Crippen LogP) is 2.86. The van der Waals surface area contributed by atoms with Crippen LogP contribution in [0.4, 0.5) is 0 Å². The minimum absolute atomic E-state index is 0.00270. The molecule has 0 atom stereocenters. The SMILES string of the molecule is CC(=O)N1CC(=O)N2C(=O)/C(=C\c3ccccc3)N=C(c3ccc(Cl)cc3)N2C1=S. The number of imide groups is 1. The molecule has 0 bridgehead atoms. The molecule has 0 saturated carbocycles. The van der Waals surface area contributed by atoms with Crippen LogP contribution >= 0.6 is 23.8 Å². The van der Waals surface area contributed by atoms with Gasteiger partial charge in [-0.1, -0.05) is 41.9 Å². The van der Waals surface area contributed by atoms with Crippen LogP contribution in [0.3, 0.4) is 0 Å². The molecule has 1 fully saturated rings. The third-order valence-corrected chi connectivity index (χ3v) is 5.21. The minimum atomic E-state index is -0.618. The zero-order valence-corrected chi connectivity index (χ0v) is 17.4. The monoisotopic (exact) mass is 438 g/mol. The van der Waals surface area contributed by atoms with Gasteiger partial charge >= 0.3 is 0 Å². The van der Waals surface area contributed by atoms with Gasteiger partial charge in [0.1, 0.15) is 12.2 Å². The van der Waals surface area contributed by atoms with Gasteiger partial charge < -0.3 is 0 Å². The molecule has 7 nitrogen and oxygen atoms in total. The topological polar surface area (TPSA) is 73.3 Å². The van der Waals surface area contributed by atoms with Crippen molar-refractivity contribution in [1.82, 2.24) is 14.9 Å². The van der Waals surface area contributed by atoms with Crippen molar-refractivity contribution in [1.29, 1.82) is 0 Å². The molecule has 2 aliphatic heterocycles. The highest BCUT2D eigenvalue weighted by atomic mass is 35.5. The fraction of sp³-hybridized carbons (Fsp3) is 0.0952. The first-order valence-corrected chi connectivity index (χ1v) is 9.76. The molecule has 4 rings (SSSR count). The quantitative estimate of drug-likeness (QED) is 0.409. The number of halogens is 1. The van der Waals surface area contributed by atoms with Gasteiger partial charge in [-0.15, -0.1) is 0 Å². The van der Waals surface area contributed by atoms with E-state index >= 15 is 0 Å². The molecule has 0 spiro atoms. The summed E-state index contributed by atoms with van der Waals surface area (Å²) in [5.74, 6) is -1.35. The lowest BCUT2D eigenvalue weighted by Crippen LogP contribution is -2.68. The Bertz CT molecular complexity index is 1130. The maximum Gasteiger partial charge on any atom is 0.298 e. The molecule has 0 aromatic heterocycles. The van der Waals surface area contributed by atoms with E-state index < -0.39 is 17.7 Å². The summed E-state index contributed by atoms with van der Waals surface area (Å²) >= 11 is 11.4. The maximum atomic E-state index is 13.1. The van der Waals surface area contributed by atoms with Gasteiger partial charge in [0.15, 0.2) is 5.84 Å². The molecule has 2 aromatic rings. The average Bonchev–Trinajstić information content (AvgIpc) is 2.73. The van der Waals surface area contributed by atoms with E-state index in [0.29, 0.717) is 10.6 Å². The van der Waals surface area contributed by atoms with Crippen molar-refractivity contribution in [3.05, 3.63) is 76.4 Å². The van der Waals surface area contributed by atoms with Crippen molar-refractivity contribution < 1.29 is 14.4 Å². The van der Waals surface area contributed by atoms with Crippen LogP contribution < -0.4 is 0 Å². The number of amides is 3. The number of hydrogen-bond donors (Lipinski definition) is 0. The molecule has 2 aliphatic rings. The number of carbonyl (C=O) groups is 3. The summed E-state index contributed by atoms with van der Waals surface area (Å²) in [6.07, 6.45) is 1.60. The first kappa shape index (κ1) is 19.9. The van der Waals surface area contributed by atoms with E-state index in [2.05, 4.69) is 4.99 Å². The zero-order chi connectivity index (χ0) is 21.4. The van der Waals surface area contributed by atoms with Gasteiger partial charge in [0, 0.05) is 17.5 Å². The number of amidine groups is 1. The summed E-state index contributed by atoms with van der Waals surface area (Å²) in [5.41, 5.74) is 1.41. The standard InChI is InChI=1S/C21H15ClN4O3S/c1-13(27)24-12-18(28)25-20(29)17(11-14-5-3-2-4-6-14)23-19(26(25)21(24)30)15-7-9-16(22)10-8-15/h2-11H,12H2,1H3/b17-11+. The van der Waals surface area contributed by atoms with Crippen molar-refractivity contribution in [2.24, 2.45) is 4.99 Å². The largest absolute Gasteiger partial charge is 0.298 e. The van der Waals surface area contributed by atoms with Crippen LogP contribution in [0.25, 0.3) is 6.08 Å². The van der Waals surface area contributed by atoms with Crippen molar-refractivity contribution in [3.63, 3.8) is 0 Å². The Labute approximate surface area is 182 Å². The number of thiocarbonyl (C=S) groups is 1. The van der Waals surface area contributed by atoms with Gasteiger partial charge in [0.05, 0.1) is 0 Å². The summed E-state index contributed by atoms with van der Waals surface area (Å²) in [4.78, 5) is 43.6. The second kappa shape index (κ2) is 7.81. The first-order chi connectivity index (χ1) is 14.4. The molecule has 30 heavy (non-hydrogen) atoms. The number of hydrazine groups is 1. The second-order valence-electron chi connectivity index (χ2n) is 6.59. The molecule has 0 unspecified atom stereocenters. The first-order valence-electron chi connectivity index (χ1n) is 8.97. The Morgan fingerprint density at radius 3 is 2.37 bits per heavy atom. The van der Waals surface area contributed by atoms with E-state index in [0.717, 1.165) is 15.5 Å². The van der Waals surface area contributed by atoms with Gasteiger partial charge in [-0.2, -0.15) is 10.0 Å². The third kappa shape index (κ3) is 3.51. The third-order valence-electron chi connectivity index (χ3n) is 4.57. The molecule has 0 N–H and O–H groups in total. The van der Waals surface area contributed by atoms with E-state index in [1.807, 2.05) is 30.3 Å².